The molecule has 0 radical (unpaired) electrons. The number of hydroxylamine groups is 2. The summed E-state index contributed by atoms with van der Waals surface area (Å²) in [6, 6.07) is 10.8. The van der Waals surface area contributed by atoms with Crippen molar-refractivity contribution in [1.82, 2.24) is 5.06 Å². The molecule has 0 N–H and O–H groups in total. The number of hydrogen-bond donors (Lipinski definition) is 0. The summed E-state index contributed by atoms with van der Waals surface area (Å²) >= 11 is 0. The smallest absolute Gasteiger partial charge is 0.367 e. The van der Waals surface area contributed by atoms with Crippen LogP contribution < -0.4 is 4.74 Å². The molecule has 0 saturated carbocycles. The number of benzene rings is 2. The van der Waals surface area contributed by atoms with Crippen LogP contribution in [0.15, 0.2) is 42.5 Å². The summed E-state index contributed by atoms with van der Waals surface area (Å²) in [5, 5.41) is 0.420. The van der Waals surface area contributed by atoms with Crippen molar-refractivity contribution in [3.8, 4) is 5.75 Å². The first-order chi connectivity index (χ1) is 11.6. The molecule has 2 aromatic carbocycles. The maximum absolute atomic E-state index is 12.3. The van der Waals surface area contributed by atoms with E-state index in [-0.39, 0.29) is 28.9 Å². The molecule has 7 heteroatoms. The van der Waals surface area contributed by atoms with Crippen molar-refractivity contribution in [1.29, 1.82) is 0 Å². The summed E-state index contributed by atoms with van der Waals surface area (Å²) < 4.78 is 5.01. The van der Waals surface area contributed by atoms with Crippen LogP contribution >= 0.6 is 0 Å². The minimum absolute atomic E-state index is 0.0186. The Kier molecular flexibility index (Phi) is 2.96. The Morgan fingerprint density at radius 3 is 2.29 bits per heavy atom. The van der Waals surface area contributed by atoms with Crippen molar-refractivity contribution in [3.63, 3.8) is 0 Å². The third kappa shape index (κ3) is 1.98. The van der Waals surface area contributed by atoms with Gasteiger partial charge in [-0.15, -0.1) is 0 Å². The van der Waals surface area contributed by atoms with Gasteiger partial charge in [-0.3, -0.25) is 14.4 Å². The predicted octanol–water partition coefficient (Wildman–Crippen LogP) is 1.52. The topological polar surface area (TPSA) is 90.0 Å². The van der Waals surface area contributed by atoms with Gasteiger partial charge in [-0.1, -0.05) is 29.3 Å². The van der Waals surface area contributed by atoms with E-state index in [0.717, 1.165) is 0 Å². The number of carbonyl (C=O) groups is 4. The average Bonchev–Trinajstić information content (AvgIpc) is 3.07. The first-order valence-corrected chi connectivity index (χ1v) is 7.09. The van der Waals surface area contributed by atoms with Crippen LogP contribution in [0.4, 0.5) is 0 Å². The second-order valence-electron chi connectivity index (χ2n) is 5.27. The van der Waals surface area contributed by atoms with Crippen molar-refractivity contribution in [2.45, 2.75) is 6.42 Å². The zero-order valence-electron chi connectivity index (χ0n) is 12.1. The average molecular weight is 323 g/mol. The molecule has 24 heavy (non-hydrogen) atoms. The number of rotatable bonds is 2. The van der Waals surface area contributed by atoms with E-state index in [0.29, 0.717) is 10.6 Å². The molecular weight excluding hydrogens is 314 g/mol. The zero-order valence-corrected chi connectivity index (χ0v) is 12.1. The van der Waals surface area contributed by atoms with Gasteiger partial charge in [0.05, 0.1) is 17.5 Å². The van der Waals surface area contributed by atoms with Crippen molar-refractivity contribution >= 4 is 23.8 Å². The van der Waals surface area contributed by atoms with Crippen LogP contribution in [0.1, 0.15) is 36.6 Å². The van der Waals surface area contributed by atoms with Crippen LogP contribution in [0, 0.1) is 0 Å². The number of amides is 2. The van der Waals surface area contributed by atoms with Crippen LogP contribution in [0.25, 0.3) is 0 Å². The van der Waals surface area contributed by atoms with E-state index in [1.165, 1.54) is 18.2 Å². The number of imide groups is 1. The number of fused-ring (bicyclic) bond motifs is 2. The molecule has 0 fully saturated rings. The van der Waals surface area contributed by atoms with Gasteiger partial charge in [0, 0.05) is 5.56 Å². The van der Waals surface area contributed by atoms with Gasteiger partial charge in [-0.05, 0) is 18.2 Å². The highest BCUT2D eigenvalue weighted by atomic mass is 16.7. The Hall–Kier alpha value is -3.48. The van der Waals surface area contributed by atoms with Gasteiger partial charge in [-0.25, -0.2) is 4.79 Å². The molecule has 0 saturated heterocycles. The van der Waals surface area contributed by atoms with E-state index in [2.05, 4.69) is 0 Å². The molecule has 2 aromatic rings. The van der Waals surface area contributed by atoms with Gasteiger partial charge >= 0.3 is 11.9 Å². The van der Waals surface area contributed by atoms with Crippen molar-refractivity contribution in [2.75, 3.05) is 0 Å². The fraction of sp³-hybridized carbons (Fsp3) is 0.0588. The summed E-state index contributed by atoms with van der Waals surface area (Å²) in [6.07, 6.45) is 0.0590. The first kappa shape index (κ1) is 14.1. The fourth-order valence-corrected chi connectivity index (χ4v) is 2.69. The first-order valence-electron chi connectivity index (χ1n) is 7.09. The Balaban J connectivity index is 1.63. The van der Waals surface area contributed by atoms with Crippen LogP contribution in [0.2, 0.25) is 0 Å². The van der Waals surface area contributed by atoms with Gasteiger partial charge in [0.2, 0.25) is 0 Å². The maximum Gasteiger partial charge on any atom is 0.367 e. The normalized spacial score (nSPS) is 15.2. The molecule has 0 unspecified atom stereocenters. The number of hydrogen-bond acceptors (Lipinski definition) is 6. The lowest BCUT2D eigenvalue weighted by atomic mass is 10.1. The number of nitrogens with zero attached hydrogens (tertiary/aromatic N) is 1. The van der Waals surface area contributed by atoms with Gasteiger partial charge in [0.15, 0.2) is 0 Å². The summed E-state index contributed by atoms with van der Waals surface area (Å²) in [6.45, 7) is 0. The van der Waals surface area contributed by atoms with Crippen molar-refractivity contribution < 1.29 is 28.8 Å². The second kappa shape index (κ2) is 5.02. The second-order valence-corrected chi connectivity index (χ2v) is 5.27. The number of esters is 1. The largest absolute Gasteiger partial charge is 0.425 e. The summed E-state index contributed by atoms with van der Waals surface area (Å²) in [5.74, 6) is -2.76. The minimum Gasteiger partial charge on any atom is -0.425 e. The van der Waals surface area contributed by atoms with Crippen LogP contribution in [-0.2, 0) is 16.1 Å². The third-order valence-corrected chi connectivity index (χ3v) is 3.80. The van der Waals surface area contributed by atoms with Crippen molar-refractivity contribution in [2.24, 2.45) is 0 Å². The molecule has 0 aliphatic carbocycles. The molecule has 2 amide bonds. The Morgan fingerprint density at radius 1 is 0.958 bits per heavy atom. The van der Waals surface area contributed by atoms with Gasteiger partial charge < -0.3 is 9.57 Å². The molecule has 118 valence electrons. The molecule has 0 aromatic heterocycles. The lowest BCUT2D eigenvalue weighted by molar-refractivity contribution is -0.131. The van der Waals surface area contributed by atoms with E-state index < -0.39 is 23.8 Å². The third-order valence-electron chi connectivity index (χ3n) is 3.80. The fourth-order valence-electron chi connectivity index (χ4n) is 2.69. The molecule has 0 atom stereocenters. The highest BCUT2D eigenvalue weighted by molar-refractivity contribution is 6.21. The quantitative estimate of drug-likeness (QED) is 0.473. The molecule has 2 aliphatic heterocycles. The van der Waals surface area contributed by atoms with E-state index in [1.54, 1.807) is 24.3 Å². The lowest BCUT2D eigenvalue weighted by Gasteiger charge is -2.13. The number of para-hydroxylation sites is 1. The Morgan fingerprint density at radius 2 is 1.62 bits per heavy atom. The molecule has 4 rings (SSSR count). The van der Waals surface area contributed by atoms with Crippen LogP contribution in [0.3, 0.4) is 0 Å². The summed E-state index contributed by atoms with van der Waals surface area (Å²) in [7, 11) is 0. The molecule has 0 spiro atoms. The maximum atomic E-state index is 12.3. The Labute approximate surface area is 135 Å². The minimum atomic E-state index is -0.948. The van der Waals surface area contributed by atoms with E-state index >= 15 is 0 Å². The molecule has 7 nitrogen and oxygen atoms in total. The summed E-state index contributed by atoms with van der Waals surface area (Å²) in [5.41, 5.74) is 0.867. The van der Waals surface area contributed by atoms with Crippen molar-refractivity contribution in [3.05, 3.63) is 64.7 Å². The number of carbonyl (C=O) groups excluding carboxylic acids is 4. The molecule has 2 heterocycles. The molecule has 0 bridgehead atoms. The highest BCUT2D eigenvalue weighted by Crippen LogP contribution is 2.31. The Bertz CT molecular complexity index is 897. The van der Waals surface area contributed by atoms with Gasteiger partial charge in [-0.2, -0.15) is 0 Å². The SMILES string of the molecule is O=C1Cc2cccc(C(=O)ON3C(=O)c4ccccc4C3=O)c2O1. The van der Waals surface area contributed by atoms with Crippen LogP contribution in [-0.4, -0.2) is 28.8 Å². The van der Waals surface area contributed by atoms with Crippen LogP contribution in [0.5, 0.6) is 5.75 Å². The lowest BCUT2D eigenvalue weighted by Crippen LogP contribution is -2.32. The zero-order chi connectivity index (χ0) is 16.8. The van der Waals surface area contributed by atoms with E-state index in [1.807, 2.05) is 0 Å². The highest BCUT2D eigenvalue weighted by Gasteiger charge is 2.39. The summed E-state index contributed by atoms with van der Waals surface area (Å²) in [4.78, 5) is 53.1. The number of ether oxygens (including phenoxy) is 1. The van der Waals surface area contributed by atoms with E-state index in [9.17, 15) is 19.2 Å². The van der Waals surface area contributed by atoms with Gasteiger partial charge in [0.25, 0.3) is 11.8 Å². The standard InChI is InChI=1S/C17H9NO6/c19-13-8-9-4-3-7-12(14(9)23-13)17(22)24-18-15(20)10-5-1-2-6-11(10)16(18)21/h1-7H,8H2. The monoisotopic (exact) mass is 323 g/mol. The molecular formula is C17H9NO6. The van der Waals surface area contributed by atoms with Gasteiger partial charge in [0.1, 0.15) is 11.3 Å². The van der Waals surface area contributed by atoms with E-state index in [4.69, 9.17) is 9.57 Å². The predicted molar refractivity (Wildman–Crippen MR) is 78.1 cm³/mol. The molecule has 2 aliphatic rings.